The molecule has 2 aliphatic heterocycles. The van der Waals surface area contributed by atoms with Gasteiger partial charge in [0.25, 0.3) is 0 Å². The van der Waals surface area contributed by atoms with Crippen LogP contribution in [0, 0.1) is 0 Å². The number of aromatic nitrogens is 1. The number of carbonyl (C=O) groups excluding carboxylic acids is 2. The summed E-state index contributed by atoms with van der Waals surface area (Å²) < 4.78 is 5.37. The Morgan fingerprint density at radius 2 is 1.86 bits per heavy atom. The Bertz CT molecular complexity index is 835. The van der Waals surface area contributed by atoms with E-state index in [1.807, 2.05) is 42.5 Å². The molecule has 1 aromatic heterocycles. The van der Waals surface area contributed by atoms with Crippen molar-refractivity contribution in [3.05, 3.63) is 54.2 Å². The summed E-state index contributed by atoms with van der Waals surface area (Å²) in [6.07, 6.45) is 3.60. The summed E-state index contributed by atoms with van der Waals surface area (Å²) in [6, 6.07) is 13.0. The lowest BCUT2D eigenvalue weighted by Gasteiger charge is -2.28. The zero-order valence-electron chi connectivity index (χ0n) is 16.4. The normalized spacial score (nSPS) is 19.2. The van der Waals surface area contributed by atoms with Crippen molar-refractivity contribution < 1.29 is 14.3 Å². The lowest BCUT2D eigenvalue weighted by Crippen LogP contribution is -2.43. The second-order valence-corrected chi connectivity index (χ2v) is 7.40. The second kappa shape index (κ2) is 9.05. The fraction of sp³-hybridized carbons (Fsp3) is 0.409. The Morgan fingerprint density at radius 3 is 2.59 bits per heavy atom. The molecule has 0 bridgehead atoms. The number of amides is 2. The fourth-order valence-electron chi connectivity index (χ4n) is 3.89. The summed E-state index contributed by atoms with van der Waals surface area (Å²) in [5.74, 6) is 0.328. The number of hydrogen-bond donors (Lipinski definition) is 1. The van der Waals surface area contributed by atoms with Crippen LogP contribution in [-0.4, -0.2) is 60.6 Å². The van der Waals surface area contributed by atoms with Crippen molar-refractivity contribution in [1.82, 2.24) is 9.88 Å². The Labute approximate surface area is 170 Å². The Hall–Kier alpha value is -2.93. The zero-order valence-corrected chi connectivity index (χ0v) is 16.4. The van der Waals surface area contributed by atoms with Gasteiger partial charge in [0.2, 0.25) is 11.8 Å². The van der Waals surface area contributed by atoms with Gasteiger partial charge in [-0.05, 0) is 30.5 Å². The maximum atomic E-state index is 12.8. The van der Waals surface area contributed by atoms with E-state index < -0.39 is 6.04 Å². The van der Waals surface area contributed by atoms with E-state index in [0.29, 0.717) is 38.4 Å². The summed E-state index contributed by atoms with van der Waals surface area (Å²) in [6.45, 7) is 3.73. The maximum Gasteiger partial charge on any atom is 0.248 e. The molecule has 7 heteroatoms. The molecule has 7 nitrogen and oxygen atoms in total. The van der Waals surface area contributed by atoms with Crippen LogP contribution in [0.1, 0.15) is 18.4 Å². The van der Waals surface area contributed by atoms with Gasteiger partial charge in [-0.3, -0.25) is 9.59 Å². The van der Waals surface area contributed by atoms with Gasteiger partial charge in [0.15, 0.2) is 0 Å². The van der Waals surface area contributed by atoms with Gasteiger partial charge >= 0.3 is 0 Å². The van der Waals surface area contributed by atoms with Crippen LogP contribution >= 0.6 is 0 Å². The van der Waals surface area contributed by atoms with Crippen molar-refractivity contribution in [3.63, 3.8) is 0 Å². The number of benzene rings is 1. The average molecular weight is 394 g/mol. The maximum absolute atomic E-state index is 12.8. The molecular formula is C22H26N4O3. The number of ether oxygens (including phenoxy) is 1. The highest BCUT2D eigenvalue weighted by atomic mass is 16.5. The summed E-state index contributed by atoms with van der Waals surface area (Å²) in [5, 5.41) is 2.88. The molecule has 0 radical (unpaired) electrons. The highest BCUT2D eigenvalue weighted by Gasteiger charge is 2.34. The van der Waals surface area contributed by atoms with Crippen LogP contribution in [0.5, 0.6) is 0 Å². The van der Waals surface area contributed by atoms with Gasteiger partial charge in [-0.25, -0.2) is 4.98 Å². The predicted molar refractivity (Wildman–Crippen MR) is 111 cm³/mol. The molecule has 2 amide bonds. The van der Waals surface area contributed by atoms with Crippen LogP contribution in [0.3, 0.4) is 0 Å². The van der Waals surface area contributed by atoms with Crippen molar-refractivity contribution in [3.8, 4) is 0 Å². The molecular weight excluding hydrogens is 368 g/mol. The molecule has 2 fully saturated rings. The standard InChI is InChI=1S/C22H26N4O3/c27-21(15-17-5-2-1-3-6-17)26-10-4-7-19(26)22(28)24-20-9-8-18(16-23-20)25-11-13-29-14-12-25/h1-3,5-6,8-9,16,19H,4,7,10-15H2,(H,23,24,28). The Morgan fingerprint density at radius 1 is 1.07 bits per heavy atom. The summed E-state index contributed by atoms with van der Waals surface area (Å²) >= 11 is 0. The monoisotopic (exact) mass is 394 g/mol. The first kappa shape index (κ1) is 19.4. The van der Waals surface area contributed by atoms with Crippen molar-refractivity contribution in [1.29, 1.82) is 0 Å². The molecule has 152 valence electrons. The SMILES string of the molecule is O=C(Nc1ccc(N2CCOCC2)cn1)C1CCCN1C(=O)Cc1ccccc1. The van der Waals surface area contributed by atoms with E-state index in [1.54, 1.807) is 11.1 Å². The smallest absolute Gasteiger partial charge is 0.248 e. The molecule has 2 aromatic rings. The van der Waals surface area contributed by atoms with Crippen molar-refractivity contribution in [2.45, 2.75) is 25.3 Å². The molecule has 4 rings (SSSR count). The number of likely N-dealkylation sites (tertiary alicyclic amines) is 1. The van der Waals surface area contributed by atoms with Gasteiger partial charge < -0.3 is 19.9 Å². The summed E-state index contributed by atoms with van der Waals surface area (Å²) in [7, 11) is 0. The van der Waals surface area contributed by atoms with Crippen molar-refractivity contribution in [2.75, 3.05) is 43.1 Å². The Kier molecular flexibility index (Phi) is 6.05. The van der Waals surface area contributed by atoms with E-state index >= 15 is 0 Å². The molecule has 3 heterocycles. The molecule has 2 aliphatic rings. The second-order valence-electron chi connectivity index (χ2n) is 7.40. The number of nitrogens with one attached hydrogen (secondary N) is 1. The van der Waals surface area contributed by atoms with E-state index in [9.17, 15) is 9.59 Å². The number of pyridine rings is 1. The molecule has 0 aliphatic carbocycles. The van der Waals surface area contributed by atoms with Gasteiger partial charge in [0.05, 0.1) is 31.5 Å². The first-order valence-electron chi connectivity index (χ1n) is 10.1. The molecule has 0 saturated carbocycles. The van der Waals surface area contributed by atoms with Crippen LogP contribution < -0.4 is 10.2 Å². The zero-order chi connectivity index (χ0) is 20.1. The topological polar surface area (TPSA) is 74.8 Å². The minimum atomic E-state index is -0.438. The van der Waals surface area contributed by atoms with Gasteiger partial charge in [0, 0.05) is 19.6 Å². The first-order chi connectivity index (χ1) is 14.2. The Balaban J connectivity index is 1.36. The van der Waals surface area contributed by atoms with E-state index in [2.05, 4.69) is 15.2 Å². The number of anilines is 2. The molecule has 1 aromatic carbocycles. The third-order valence-electron chi connectivity index (χ3n) is 5.45. The summed E-state index contributed by atoms with van der Waals surface area (Å²) in [5.41, 5.74) is 1.98. The van der Waals surface area contributed by atoms with Gasteiger partial charge in [0.1, 0.15) is 11.9 Å². The lowest BCUT2D eigenvalue weighted by atomic mass is 10.1. The third-order valence-corrected chi connectivity index (χ3v) is 5.45. The molecule has 1 unspecified atom stereocenters. The van der Waals surface area contributed by atoms with Crippen LogP contribution in [0.2, 0.25) is 0 Å². The number of nitrogens with zero attached hydrogens (tertiary/aromatic N) is 3. The first-order valence-corrected chi connectivity index (χ1v) is 10.1. The average Bonchev–Trinajstić information content (AvgIpc) is 3.26. The van der Waals surface area contributed by atoms with Gasteiger partial charge in [-0.2, -0.15) is 0 Å². The van der Waals surface area contributed by atoms with Crippen LogP contribution in [0.25, 0.3) is 0 Å². The molecule has 0 spiro atoms. The lowest BCUT2D eigenvalue weighted by molar-refractivity contribution is -0.136. The van der Waals surface area contributed by atoms with E-state index in [0.717, 1.165) is 30.8 Å². The molecule has 29 heavy (non-hydrogen) atoms. The van der Waals surface area contributed by atoms with Crippen LogP contribution in [0.15, 0.2) is 48.7 Å². The summed E-state index contributed by atoms with van der Waals surface area (Å²) in [4.78, 5) is 33.8. The van der Waals surface area contributed by atoms with E-state index in [1.165, 1.54) is 0 Å². The van der Waals surface area contributed by atoms with Crippen molar-refractivity contribution in [2.24, 2.45) is 0 Å². The van der Waals surface area contributed by atoms with Crippen molar-refractivity contribution >= 4 is 23.3 Å². The highest BCUT2D eigenvalue weighted by molar-refractivity contribution is 5.97. The molecule has 1 atom stereocenters. The van der Waals surface area contributed by atoms with Crippen LogP contribution in [-0.2, 0) is 20.7 Å². The van der Waals surface area contributed by atoms with Gasteiger partial charge in [-0.15, -0.1) is 0 Å². The number of morpholine rings is 1. The van der Waals surface area contributed by atoms with Gasteiger partial charge in [-0.1, -0.05) is 30.3 Å². The minimum Gasteiger partial charge on any atom is -0.378 e. The number of carbonyl (C=O) groups is 2. The fourth-order valence-corrected chi connectivity index (χ4v) is 3.89. The number of rotatable bonds is 5. The third kappa shape index (κ3) is 4.74. The van der Waals surface area contributed by atoms with Crippen LogP contribution in [0.4, 0.5) is 11.5 Å². The molecule has 2 saturated heterocycles. The number of hydrogen-bond acceptors (Lipinski definition) is 5. The quantitative estimate of drug-likeness (QED) is 0.841. The largest absolute Gasteiger partial charge is 0.378 e. The highest BCUT2D eigenvalue weighted by Crippen LogP contribution is 2.21. The van der Waals surface area contributed by atoms with E-state index in [-0.39, 0.29) is 11.8 Å². The minimum absolute atomic E-state index is 0.00975. The predicted octanol–water partition coefficient (Wildman–Crippen LogP) is 2.09. The van der Waals surface area contributed by atoms with E-state index in [4.69, 9.17) is 4.74 Å². The molecule has 1 N–H and O–H groups in total.